The number of anilines is 1. The summed E-state index contributed by atoms with van der Waals surface area (Å²) >= 11 is 0. The maximum atomic E-state index is 12.2. The fourth-order valence-corrected chi connectivity index (χ4v) is 2.74. The van der Waals surface area contributed by atoms with Gasteiger partial charge in [-0.2, -0.15) is 0 Å². The second-order valence-corrected chi connectivity index (χ2v) is 5.53. The summed E-state index contributed by atoms with van der Waals surface area (Å²) in [6.45, 7) is 7.71. The van der Waals surface area contributed by atoms with Gasteiger partial charge >= 0.3 is 0 Å². The number of aryl methyl sites for hydroxylation is 1. The highest BCUT2D eigenvalue weighted by Gasteiger charge is 2.23. The molecule has 1 unspecified atom stereocenters. The summed E-state index contributed by atoms with van der Waals surface area (Å²) < 4.78 is 0. The molecule has 1 aliphatic rings. The molecule has 1 saturated heterocycles. The SMILES string of the molecule is CCCN(CC(=O)Nc1cccc(C)c1)C1CCNC1. The standard InChI is InChI=1S/C16H25N3O/c1-3-9-19(15-7-8-17-11-15)12-16(20)18-14-6-4-5-13(2)10-14/h4-6,10,15,17H,3,7-9,11-12H2,1-2H3,(H,18,20). The average molecular weight is 275 g/mol. The van der Waals surface area contributed by atoms with E-state index in [1.807, 2.05) is 31.2 Å². The zero-order valence-electron chi connectivity index (χ0n) is 12.5. The van der Waals surface area contributed by atoms with Gasteiger partial charge in [-0.3, -0.25) is 9.69 Å². The third-order valence-corrected chi connectivity index (χ3v) is 3.71. The van der Waals surface area contributed by atoms with Crippen LogP contribution >= 0.6 is 0 Å². The van der Waals surface area contributed by atoms with Crippen LogP contribution in [0.25, 0.3) is 0 Å². The number of hydrogen-bond donors (Lipinski definition) is 2. The molecular weight excluding hydrogens is 250 g/mol. The fraction of sp³-hybridized carbons (Fsp3) is 0.562. The van der Waals surface area contributed by atoms with Gasteiger partial charge in [0.15, 0.2) is 0 Å². The van der Waals surface area contributed by atoms with E-state index in [0.29, 0.717) is 12.6 Å². The predicted molar refractivity (Wildman–Crippen MR) is 82.9 cm³/mol. The molecule has 2 rings (SSSR count). The Bertz CT molecular complexity index is 441. The van der Waals surface area contributed by atoms with Crippen LogP contribution < -0.4 is 10.6 Å². The normalized spacial score (nSPS) is 18.4. The van der Waals surface area contributed by atoms with Gasteiger partial charge in [0.25, 0.3) is 0 Å². The molecule has 20 heavy (non-hydrogen) atoms. The zero-order chi connectivity index (χ0) is 14.4. The molecule has 4 heteroatoms. The van der Waals surface area contributed by atoms with E-state index in [2.05, 4.69) is 22.5 Å². The Kier molecular flexibility index (Phi) is 5.56. The van der Waals surface area contributed by atoms with Crippen molar-refractivity contribution in [1.82, 2.24) is 10.2 Å². The van der Waals surface area contributed by atoms with E-state index in [9.17, 15) is 4.79 Å². The monoisotopic (exact) mass is 275 g/mol. The van der Waals surface area contributed by atoms with Gasteiger partial charge in [0, 0.05) is 18.3 Å². The van der Waals surface area contributed by atoms with Crippen molar-refractivity contribution in [3.63, 3.8) is 0 Å². The lowest BCUT2D eigenvalue weighted by atomic mass is 10.2. The first-order chi connectivity index (χ1) is 9.69. The first kappa shape index (κ1) is 15.0. The van der Waals surface area contributed by atoms with Crippen LogP contribution in [0.5, 0.6) is 0 Å². The van der Waals surface area contributed by atoms with Crippen LogP contribution in [-0.4, -0.2) is 43.0 Å². The minimum atomic E-state index is 0.0796. The summed E-state index contributed by atoms with van der Waals surface area (Å²) in [6.07, 6.45) is 2.21. The highest BCUT2D eigenvalue weighted by Crippen LogP contribution is 2.12. The highest BCUT2D eigenvalue weighted by atomic mass is 16.2. The van der Waals surface area contributed by atoms with Crippen molar-refractivity contribution in [2.45, 2.75) is 32.7 Å². The van der Waals surface area contributed by atoms with E-state index in [1.54, 1.807) is 0 Å². The van der Waals surface area contributed by atoms with Crippen molar-refractivity contribution in [1.29, 1.82) is 0 Å². The molecule has 1 fully saturated rings. The number of rotatable bonds is 6. The first-order valence-corrected chi connectivity index (χ1v) is 7.50. The zero-order valence-corrected chi connectivity index (χ0v) is 12.5. The summed E-state index contributed by atoms with van der Waals surface area (Å²) in [5.41, 5.74) is 2.05. The smallest absolute Gasteiger partial charge is 0.238 e. The third kappa shape index (κ3) is 4.32. The Hall–Kier alpha value is -1.39. The lowest BCUT2D eigenvalue weighted by molar-refractivity contribution is -0.117. The molecule has 0 saturated carbocycles. The van der Waals surface area contributed by atoms with Crippen molar-refractivity contribution in [2.24, 2.45) is 0 Å². The molecule has 110 valence electrons. The van der Waals surface area contributed by atoms with Gasteiger partial charge in [0.2, 0.25) is 5.91 Å². The van der Waals surface area contributed by atoms with Crippen molar-refractivity contribution in [3.05, 3.63) is 29.8 Å². The van der Waals surface area contributed by atoms with Gasteiger partial charge < -0.3 is 10.6 Å². The number of carbonyl (C=O) groups is 1. The second-order valence-electron chi connectivity index (χ2n) is 5.53. The van der Waals surface area contributed by atoms with Crippen LogP contribution in [0.4, 0.5) is 5.69 Å². The van der Waals surface area contributed by atoms with Gasteiger partial charge in [-0.1, -0.05) is 19.1 Å². The summed E-state index contributed by atoms with van der Waals surface area (Å²) in [5.74, 6) is 0.0796. The van der Waals surface area contributed by atoms with Gasteiger partial charge in [0.1, 0.15) is 0 Å². The molecule has 1 atom stereocenters. The molecule has 0 radical (unpaired) electrons. The number of carbonyl (C=O) groups excluding carboxylic acids is 1. The van der Waals surface area contributed by atoms with Crippen LogP contribution in [0.3, 0.4) is 0 Å². The van der Waals surface area contributed by atoms with E-state index >= 15 is 0 Å². The maximum Gasteiger partial charge on any atom is 0.238 e. The Labute approximate surface area is 121 Å². The highest BCUT2D eigenvalue weighted by molar-refractivity contribution is 5.92. The van der Waals surface area contributed by atoms with Gasteiger partial charge in [-0.25, -0.2) is 0 Å². The predicted octanol–water partition coefficient (Wildman–Crippen LogP) is 2.01. The molecule has 0 aliphatic carbocycles. The quantitative estimate of drug-likeness (QED) is 0.834. The summed E-state index contributed by atoms with van der Waals surface area (Å²) in [4.78, 5) is 14.5. The van der Waals surface area contributed by atoms with E-state index in [4.69, 9.17) is 0 Å². The van der Waals surface area contributed by atoms with Crippen LogP contribution in [0.15, 0.2) is 24.3 Å². The lowest BCUT2D eigenvalue weighted by Gasteiger charge is -2.27. The number of hydrogen-bond acceptors (Lipinski definition) is 3. The molecule has 1 heterocycles. The Morgan fingerprint density at radius 3 is 3.00 bits per heavy atom. The van der Waals surface area contributed by atoms with Crippen LogP contribution in [-0.2, 0) is 4.79 Å². The Morgan fingerprint density at radius 1 is 1.50 bits per heavy atom. The minimum absolute atomic E-state index is 0.0796. The lowest BCUT2D eigenvalue weighted by Crippen LogP contribution is -2.42. The van der Waals surface area contributed by atoms with Crippen molar-refractivity contribution < 1.29 is 4.79 Å². The Morgan fingerprint density at radius 2 is 2.35 bits per heavy atom. The molecule has 2 N–H and O–H groups in total. The van der Waals surface area contributed by atoms with Crippen LogP contribution in [0, 0.1) is 6.92 Å². The molecule has 0 aromatic heterocycles. The van der Waals surface area contributed by atoms with Crippen LogP contribution in [0.1, 0.15) is 25.3 Å². The van der Waals surface area contributed by atoms with Crippen molar-refractivity contribution in [3.8, 4) is 0 Å². The molecule has 1 amide bonds. The molecule has 1 aromatic rings. The number of benzene rings is 1. The summed E-state index contributed by atoms with van der Waals surface area (Å²) in [7, 11) is 0. The van der Waals surface area contributed by atoms with Gasteiger partial charge in [-0.15, -0.1) is 0 Å². The third-order valence-electron chi connectivity index (χ3n) is 3.71. The molecule has 0 bridgehead atoms. The van der Waals surface area contributed by atoms with Crippen molar-refractivity contribution in [2.75, 3.05) is 31.5 Å². The summed E-state index contributed by atoms with van der Waals surface area (Å²) in [6, 6.07) is 8.43. The average Bonchev–Trinajstić information content (AvgIpc) is 2.92. The molecular formula is C16H25N3O. The van der Waals surface area contributed by atoms with Gasteiger partial charge in [0.05, 0.1) is 6.54 Å². The largest absolute Gasteiger partial charge is 0.325 e. The molecule has 1 aromatic carbocycles. The second kappa shape index (κ2) is 7.41. The van der Waals surface area contributed by atoms with Gasteiger partial charge in [-0.05, 0) is 50.6 Å². The topological polar surface area (TPSA) is 44.4 Å². The van der Waals surface area contributed by atoms with E-state index in [-0.39, 0.29) is 5.91 Å². The maximum absolute atomic E-state index is 12.2. The Balaban J connectivity index is 1.90. The first-order valence-electron chi connectivity index (χ1n) is 7.50. The molecule has 0 spiro atoms. The number of nitrogens with one attached hydrogen (secondary N) is 2. The number of nitrogens with zero attached hydrogens (tertiary/aromatic N) is 1. The minimum Gasteiger partial charge on any atom is -0.325 e. The van der Waals surface area contributed by atoms with Crippen LogP contribution in [0.2, 0.25) is 0 Å². The van der Waals surface area contributed by atoms with E-state index < -0.39 is 0 Å². The molecule has 1 aliphatic heterocycles. The number of amides is 1. The van der Waals surface area contributed by atoms with E-state index in [1.165, 1.54) is 0 Å². The van der Waals surface area contributed by atoms with Crippen molar-refractivity contribution >= 4 is 11.6 Å². The summed E-state index contributed by atoms with van der Waals surface area (Å²) in [5, 5.41) is 6.36. The van der Waals surface area contributed by atoms with E-state index in [0.717, 1.165) is 43.7 Å². The fourth-order valence-electron chi connectivity index (χ4n) is 2.74. The molecule has 4 nitrogen and oxygen atoms in total.